The van der Waals surface area contributed by atoms with Crippen LogP contribution in [0.1, 0.15) is 72.3 Å². The summed E-state index contributed by atoms with van der Waals surface area (Å²) in [5, 5.41) is 22.4. The standard InChI is InChI=1S/C31H33ClF3N7O3.C6H14N2O2.C4H8O.C2H6.CH2O2/c1-18-21(7-8-22(27(18)33)24-16-37-42(19(24)2)13-14-45-31(34)35)26-17-36-28(40(26)4)29(43)38-20-5-6-23(25(32)15-20)30(44)41-11-9-39(3)10-12-41;1-8(4-2-3-7)5-6(9)10;1-2-3-4-5;1-2;2-1-3/h5-8,15-17,31H,9-14H2,1-4H3,(H,38,43);2-5,7H2,1H3,(H,9,10);4H,2-3H2,1H3;1-2H3;1H,(H,2,3)/p+1. The lowest BCUT2D eigenvalue weighted by Crippen LogP contribution is -3.10. The number of rotatable bonds is 16. The lowest BCUT2D eigenvalue weighted by atomic mass is 9.98. The molecule has 2 amide bonds. The van der Waals surface area contributed by atoms with Gasteiger partial charge in [-0.25, -0.2) is 14.2 Å². The number of quaternary nitrogens is 1. The number of likely N-dealkylation sites (N-methyl/N-ethyl adjacent to an activating group) is 2. The van der Waals surface area contributed by atoms with E-state index in [4.69, 9.17) is 32.3 Å². The number of carbonyl (C=O) groups is 5. The van der Waals surface area contributed by atoms with E-state index >= 15 is 4.39 Å². The summed E-state index contributed by atoms with van der Waals surface area (Å²) in [6.45, 7) is 10.5. The van der Waals surface area contributed by atoms with Crippen LogP contribution in [0, 0.1) is 19.7 Å². The van der Waals surface area contributed by atoms with Crippen LogP contribution in [-0.4, -0.2) is 143 Å². The molecule has 0 spiro atoms. The van der Waals surface area contributed by atoms with Gasteiger partial charge in [-0.15, -0.1) is 0 Å². The number of ether oxygens (including phenoxy) is 1. The third kappa shape index (κ3) is 18.4. The summed E-state index contributed by atoms with van der Waals surface area (Å²) >= 11 is 6.45. The number of amides is 2. The number of hydrogen-bond acceptors (Lipinski definition) is 10. The quantitative estimate of drug-likeness (QED) is 0.0950. The van der Waals surface area contributed by atoms with Crippen molar-refractivity contribution < 1.29 is 57.0 Å². The molecule has 1 unspecified atom stereocenters. The molecule has 2 aromatic carbocycles. The summed E-state index contributed by atoms with van der Waals surface area (Å²) in [6.07, 6.45) is 6.49. The van der Waals surface area contributed by atoms with Crippen molar-refractivity contribution in [3.8, 4) is 22.4 Å². The third-order valence-electron chi connectivity index (χ3n) is 9.71. The lowest BCUT2D eigenvalue weighted by Gasteiger charge is -2.32. The van der Waals surface area contributed by atoms with Gasteiger partial charge in [0.15, 0.2) is 12.4 Å². The highest BCUT2D eigenvalue weighted by molar-refractivity contribution is 6.34. The van der Waals surface area contributed by atoms with Gasteiger partial charge in [-0.1, -0.05) is 44.5 Å². The first kappa shape index (κ1) is 57.3. The Kier molecular flexibility index (Phi) is 26.9. The number of benzene rings is 2. The first-order chi connectivity index (χ1) is 30.9. The summed E-state index contributed by atoms with van der Waals surface area (Å²) in [5.74, 6) is -1.81. The number of anilines is 1. The van der Waals surface area contributed by atoms with E-state index in [2.05, 4.69) is 25.0 Å². The minimum Gasteiger partial charge on any atom is -0.483 e. The maximum Gasteiger partial charge on any atom is 0.359 e. The van der Waals surface area contributed by atoms with Gasteiger partial charge in [0, 0.05) is 74.1 Å². The van der Waals surface area contributed by atoms with Gasteiger partial charge in [0.05, 0.1) is 55.4 Å². The van der Waals surface area contributed by atoms with Crippen LogP contribution in [0.15, 0.2) is 42.7 Å². The number of nitrogens with two attached hydrogens (primary N) is 1. The molecule has 1 fully saturated rings. The SMILES string of the molecule is CC.CCCC=O.C[NH+](CCCN)CC(=O)O.Cc1c(-c2cnc(C(=O)Nc3ccc(C(=O)N4CCN(C)CC4)c(Cl)c3)n2C)ccc(-c2cnn(CCOC(F)F)c2C)c1F.O=CO. The number of aliphatic carboxylic acids is 1. The summed E-state index contributed by atoms with van der Waals surface area (Å²) in [6, 6.07) is 8.09. The van der Waals surface area contributed by atoms with Gasteiger partial charge in [0.1, 0.15) is 12.1 Å². The normalized spacial score (nSPS) is 12.5. The number of imidazole rings is 1. The van der Waals surface area contributed by atoms with Crippen LogP contribution < -0.4 is 16.0 Å². The monoisotopic (exact) mass is 938 g/mol. The fourth-order valence-corrected chi connectivity index (χ4v) is 6.47. The highest BCUT2D eigenvalue weighted by Crippen LogP contribution is 2.34. The molecule has 65 heavy (non-hydrogen) atoms. The molecular weight excluding hydrogens is 875 g/mol. The van der Waals surface area contributed by atoms with Gasteiger partial charge in [0.2, 0.25) is 0 Å². The summed E-state index contributed by atoms with van der Waals surface area (Å²) in [5.41, 5.74) is 8.84. The van der Waals surface area contributed by atoms with Crippen LogP contribution in [0.5, 0.6) is 0 Å². The summed E-state index contributed by atoms with van der Waals surface area (Å²) in [7, 11) is 5.51. The van der Waals surface area contributed by atoms with Gasteiger partial charge < -0.3 is 50.1 Å². The van der Waals surface area contributed by atoms with Crippen molar-refractivity contribution in [2.45, 2.75) is 67.0 Å². The predicted octanol–water partition coefficient (Wildman–Crippen LogP) is 4.89. The van der Waals surface area contributed by atoms with E-state index in [0.717, 1.165) is 43.7 Å². The second-order valence-electron chi connectivity index (χ2n) is 14.3. The number of aldehydes is 1. The molecule has 1 atom stereocenters. The van der Waals surface area contributed by atoms with Crippen LogP contribution in [0.3, 0.4) is 0 Å². The van der Waals surface area contributed by atoms with Crippen LogP contribution in [0.25, 0.3) is 22.4 Å². The second kappa shape index (κ2) is 30.5. The number of piperazine rings is 1. The number of unbranched alkanes of at least 4 members (excludes halogenated alkanes) is 1. The van der Waals surface area contributed by atoms with E-state index in [1.165, 1.54) is 23.1 Å². The largest absolute Gasteiger partial charge is 0.483 e. The maximum absolute atomic E-state index is 15.7. The fourth-order valence-electron chi connectivity index (χ4n) is 6.21. The third-order valence-corrected chi connectivity index (χ3v) is 10.0. The van der Waals surface area contributed by atoms with E-state index in [0.29, 0.717) is 70.9 Å². The molecule has 1 saturated heterocycles. The number of nitrogens with zero attached hydrogens (tertiary/aromatic N) is 6. The number of hydrogen-bond donors (Lipinski definition) is 5. The Morgan fingerprint density at radius 1 is 1.03 bits per heavy atom. The zero-order valence-electron chi connectivity index (χ0n) is 38.4. The van der Waals surface area contributed by atoms with Crippen molar-refractivity contribution in [1.82, 2.24) is 29.1 Å². The minimum absolute atomic E-state index is 0.0886. The number of carboxylic acids is 1. The Morgan fingerprint density at radius 3 is 2.20 bits per heavy atom. The average molecular weight is 939 g/mol. The van der Waals surface area contributed by atoms with Crippen LogP contribution >= 0.6 is 11.6 Å². The first-order valence-electron chi connectivity index (χ1n) is 21.0. The smallest absolute Gasteiger partial charge is 0.359 e. The lowest BCUT2D eigenvalue weighted by molar-refractivity contribution is -0.871. The van der Waals surface area contributed by atoms with E-state index in [1.54, 1.807) is 54.6 Å². The Hall–Kier alpha value is -5.67. The van der Waals surface area contributed by atoms with Gasteiger partial charge in [-0.3, -0.25) is 19.1 Å². The molecule has 0 bridgehead atoms. The highest BCUT2D eigenvalue weighted by Gasteiger charge is 2.24. The Morgan fingerprint density at radius 2 is 1.66 bits per heavy atom. The summed E-state index contributed by atoms with van der Waals surface area (Å²) in [4.78, 5) is 63.2. The molecule has 1 aliphatic rings. The molecule has 4 aromatic rings. The number of carboxylic acid groups (broad SMARTS) is 2. The van der Waals surface area contributed by atoms with Gasteiger partial charge >= 0.3 is 12.6 Å². The summed E-state index contributed by atoms with van der Waals surface area (Å²) < 4.78 is 47.7. The zero-order valence-corrected chi connectivity index (χ0v) is 39.1. The zero-order chi connectivity index (χ0) is 49.2. The molecule has 6 N–H and O–H groups in total. The number of carbonyl (C=O) groups excluding carboxylic acids is 3. The number of aromatic nitrogens is 4. The molecule has 2 aromatic heterocycles. The maximum atomic E-state index is 15.7. The van der Waals surface area contributed by atoms with Crippen LogP contribution in [0.4, 0.5) is 18.9 Å². The van der Waals surface area contributed by atoms with E-state index in [1.807, 2.05) is 34.9 Å². The van der Waals surface area contributed by atoms with Gasteiger partial charge in [0.25, 0.3) is 18.3 Å². The van der Waals surface area contributed by atoms with Crippen molar-refractivity contribution >= 4 is 47.8 Å². The van der Waals surface area contributed by atoms with Gasteiger partial charge in [-0.2, -0.15) is 13.9 Å². The van der Waals surface area contributed by atoms with Crippen molar-refractivity contribution in [1.29, 1.82) is 0 Å². The molecule has 0 aliphatic carbocycles. The van der Waals surface area contributed by atoms with Crippen molar-refractivity contribution in [3.05, 3.63) is 76.2 Å². The Balaban J connectivity index is 0.000000887. The van der Waals surface area contributed by atoms with E-state index < -0.39 is 24.3 Å². The fraction of sp³-hybridized carbons (Fsp3) is 0.477. The highest BCUT2D eigenvalue weighted by atomic mass is 35.5. The topological polar surface area (TPSA) is 220 Å². The Labute approximate surface area is 383 Å². The minimum atomic E-state index is -2.87. The predicted molar refractivity (Wildman–Crippen MR) is 243 cm³/mol. The number of alkyl halides is 2. The molecular formula is C44H64ClF3N9O8+. The second-order valence-corrected chi connectivity index (χ2v) is 14.8. The van der Waals surface area contributed by atoms with Crippen molar-refractivity contribution in [2.75, 3.05) is 71.8 Å². The number of nitrogens with one attached hydrogen (secondary N) is 2. The molecule has 17 nitrogen and oxygen atoms in total. The van der Waals surface area contributed by atoms with Crippen LogP contribution in [0.2, 0.25) is 5.02 Å². The van der Waals surface area contributed by atoms with E-state index in [9.17, 15) is 28.0 Å². The molecule has 3 heterocycles. The van der Waals surface area contributed by atoms with E-state index in [-0.39, 0.29) is 42.9 Å². The number of halogens is 4. The molecule has 360 valence electrons. The van der Waals surface area contributed by atoms with Crippen LogP contribution in [-0.2, 0) is 32.7 Å². The average Bonchev–Trinajstić information content (AvgIpc) is 3.83. The van der Waals surface area contributed by atoms with Crippen molar-refractivity contribution in [3.63, 3.8) is 0 Å². The molecule has 0 radical (unpaired) electrons. The van der Waals surface area contributed by atoms with Gasteiger partial charge in [-0.05, 0) is 57.6 Å². The molecule has 21 heteroatoms. The first-order valence-corrected chi connectivity index (χ1v) is 21.4. The Bertz CT molecular complexity index is 2110. The molecule has 5 rings (SSSR count). The van der Waals surface area contributed by atoms with Crippen molar-refractivity contribution in [2.24, 2.45) is 12.8 Å². The molecule has 1 aliphatic heterocycles. The molecule has 0 saturated carbocycles.